The Balaban J connectivity index is 2.25. The van der Waals surface area contributed by atoms with E-state index in [0.717, 1.165) is 11.4 Å². The second-order valence-corrected chi connectivity index (χ2v) is 4.04. The molecule has 0 saturated heterocycles. The number of aromatic amines is 1. The summed E-state index contributed by atoms with van der Waals surface area (Å²) < 4.78 is 5.43. The standard InChI is InChI=1S/C11H10BrN3O2/c1-17-8-4-2-7(3-5-8)15-10-9(12)11(16)14-6-13-10/h2-6H,1H3,(H2,13,14,15,16). The fourth-order valence-electron chi connectivity index (χ4n) is 1.28. The lowest BCUT2D eigenvalue weighted by Crippen LogP contribution is -2.09. The molecule has 17 heavy (non-hydrogen) atoms. The van der Waals surface area contributed by atoms with E-state index in [1.807, 2.05) is 24.3 Å². The minimum Gasteiger partial charge on any atom is -0.497 e. The molecule has 2 rings (SSSR count). The first-order valence-corrected chi connectivity index (χ1v) is 5.64. The number of halogens is 1. The number of anilines is 2. The molecule has 1 aromatic carbocycles. The van der Waals surface area contributed by atoms with Crippen molar-refractivity contribution in [2.45, 2.75) is 0 Å². The van der Waals surface area contributed by atoms with Crippen molar-refractivity contribution in [2.75, 3.05) is 12.4 Å². The maximum Gasteiger partial charge on any atom is 0.267 e. The molecule has 88 valence electrons. The lowest BCUT2D eigenvalue weighted by molar-refractivity contribution is 0.415. The highest BCUT2D eigenvalue weighted by atomic mass is 79.9. The van der Waals surface area contributed by atoms with Crippen LogP contribution in [0, 0.1) is 0 Å². The predicted molar refractivity (Wildman–Crippen MR) is 68.8 cm³/mol. The summed E-state index contributed by atoms with van der Waals surface area (Å²) in [5.74, 6) is 1.24. The van der Waals surface area contributed by atoms with Crippen molar-refractivity contribution < 1.29 is 4.74 Å². The average Bonchev–Trinajstić information content (AvgIpc) is 2.36. The third-order valence-electron chi connectivity index (χ3n) is 2.15. The number of ether oxygens (including phenoxy) is 1. The summed E-state index contributed by atoms with van der Waals surface area (Å²) in [4.78, 5) is 17.8. The van der Waals surface area contributed by atoms with Crippen molar-refractivity contribution in [3.63, 3.8) is 0 Å². The average molecular weight is 296 g/mol. The zero-order valence-corrected chi connectivity index (χ0v) is 10.6. The molecule has 0 atom stereocenters. The van der Waals surface area contributed by atoms with Crippen molar-refractivity contribution in [2.24, 2.45) is 0 Å². The molecule has 1 aromatic heterocycles. The summed E-state index contributed by atoms with van der Waals surface area (Å²) in [6.07, 6.45) is 1.35. The Labute approximate surface area is 106 Å². The second-order valence-electron chi connectivity index (χ2n) is 3.25. The van der Waals surface area contributed by atoms with Crippen LogP contribution in [0.2, 0.25) is 0 Å². The maximum atomic E-state index is 11.3. The van der Waals surface area contributed by atoms with Crippen LogP contribution in [0.3, 0.4) is 0 Å². The Morgan fingerprint density at radius 3 is 2.71 bits per heavy atom. The van der Waals surface area contributed by atoms with Gasteiger partial charge < -0.3 is 15.0 Å². The fraction of sp³-hybridized carbons (Fsp3) is 0.0909. The van der Waals surface area contributed by atoms with Gasteiger partial charge in [0.25, 0.3) is 5.56 Å². The molecule has 2 N–H and O–H groups in total. The van der Waals surface area contributed by atoms with Crippen LogP contribution in [-0.4, -0.2) is 17.1 Å². The molecule has 2 aromatic rings. The lowest BCUT2D eigenvalue weighted by atomic mass is 10.3. The van der Waals surface area contributed by atoms with Gasteiger partial charge in [0.1, 0.15) is 10.2 Å². The summed E-state index contributed by atoms with van der Waals surface area (Å²) in [5.41, 5.74) is 0.598. The molecule has 0 spiro atoms. The van der Waals surface area contributed by atoms with Gasteiger partial charge in [-0.15, -0.1) is 0 Å². The number of H-pyrrole nitrogens is 1. The molecule has 0 saturated carbocycles. The first-order valence-electron chi connectivity index (χ1n) is 4.85. The van der Waals surface area contributed by atoms with Crippen LogP contribution in [0.25, 0.3) is 0 Å². The number of methoxy groups -OCH3 is 1. The lowest BCUT2D eigenvalue weighted by Gasteiger charge is -2.07. The zero-order chi connectivity index (χ0) is 12.3. The zero-order valence-electron chi connectivity index (χ0n) is 9.03. The van der Waals surface area contributed by atoms with Gasteiger partial charge in [-0.2, -0.15) is 0 Å². The van der Waals surface area contributed by atoms with E-state index in [1.165, 1.54) is 6.33 Å². The highest BCUT2D eigenvalue weighted by Gasteiger charge is 2.05. The van der Waals surface area contributed by atoms with Gasteiger partial charge in [-0.25, -0.2) is 4.98 Å². The number of rotatable bonds is 3. The van der Waals surface area contributed by atoms with E-state index < -0.39 is 0 Å². The first kappa shape index (κ1) is 11.7. The second kappa shape index (κ2) is 5.01. The molecular weight excluding hydrogens is 286 g/mol. The normalized spacial score (nSPS) is 10.0. The summed E-state index contributed by atoms with van der Waals surface area (Å²) in [6.45, 7) is 0. The molecular formula is C11H10BrN3O2. The summed E-state index contributed by atoms with van der Waals surface area (Å²) in [7, 11) is 1.61. The molecule has 1 heterocycles. The minimum atomic E-state index is -0.226. The number of nitrogens with zero attached hydrogens (tertiary/aromatic N) is 1. The molecule has 6 heteroatoms. The van der Waals surface area contributed by atoms with Crippen molar-refractivity contribution in [1.82, 2.24) is 9.97 Å². The summed E-state index contributed by atoms with van der Waals surface area (Å²) in [5, 5.41) is 3.03. The van der Waals surface area contributed by atoms with Gasteiger partial charge in [0.2, 0.25) is 0 Å². The smallest absolute Gasteiger partial charge is 0.267 e. The van der Waals surface area contributed by atoms with E-state index in [-0.39, 0.29) is 5.56 Å². The highest BCUT2D eigenvalue weighted by molar-refractivity contribution is 9.10. The minimum absolute atomic E-state index is 0.226. The maximum absolute atomic E-state index is 11.3. The first-order chi connectivity index (χ1) is 8.20. The number of hydrogen-bond donors (Lipinski definition) is 2. The molecule has 5 nitrogen and oxygen atoms in total. The summed E-state index contributed by atoms with van der Waals surface area (Å²) in [6, 6.07) is 7.33. The predicted octanol–water partition coefficient (Wildman–Crippen LogP) is 2.28. The van der Waals surface area contributed by atoms with Crippen LogP contribution in [0.4, 0.5) is 11.5 Å². The van der Waals surface area contributed by atoms with Crippen molar-refractivity contribution in [1.29, 1.82) is 0 Å². The molecule has 0 aliphatic carbocycles. The molecule has 0 fully saturated rings. The molecule has 0 aliphatic rings. The van der Waals surface area contributed by atoms with Gasteiger partial charge in [0.05, 0.1) is 13.4 Å². The quantitative estimate of drug-likeness (QED) is 0.912. The van der Waals surface area contributed by atoms with Gasteiger partial charge in [-0.1, -0.05) is 0 Å². The van der Waals surface area contributed by atoms with E-state index in [9.17, 15) is 4.79 Å². The van der Waals surface area contributed by atoms with Crippen LogP contribution in [0.1, 0.15) is 0 Å². The van der Waals surface area contributed by atoms with Crippen LogP contribution >= 0.6 is 15.9 Å². The van der Waals surface area contributed by atoms with E-state index in [2.05, 4.69) is 31.2 Å². The number of hydrogen-bond acceptors (Lipinski definition) is 4. The SMILES string of the molecule is COc1ccc(Nc2nc[nH]c(=O)c2Br)cc1. The Kier molecular flexibility index (Phi) is 3.43. The number of benzene rings is 1. The van der Waals surface area contributed by atoms with E-state index in [0.29, 0.717) is 10.3 Å². The van der Waals surface area contributed by atoms with Gasteiger partial charge >= 0.3 is 0 Å². The molecule has 0 amide bonds. The number of aromatic nitrogens is 2. The van der Waals surface area contributed by atoms with E-state index >= 15 is 0 Å². The van der Waals surface area contributed by atoms with Crippen LogP contribution in [-0.2, 0) is 0 Å². The van der Waals surface area contributed by atoms with Crippen molar-refractivity contribution in [3.05, 3.63) is 45.4 Å². The van der Waals surface area contributed by atoms with Crippen LogP contribution < -0.4 is 15.6 Å². The highest BCUT2D eigenvalue weighted by Crippen LogP contribution is 2.21. The van der Waals surface area contributed by atoms with Crippen molar-refractivity contribution >= 4 is 27.4 Å². The Morgan fingerprint density at radius 2 is 2.06 bits per heavy atom. The third kappa shape index (κ3) is 2.65. The third-order valence-corrected chi connectivity index (χ3v) is 2.88. The molecule has 0 radical (unpaired) electrons. The molecule has 0 bridgehead atoms. The van der Waals surface area contributed by atoms with Gasteiger partial charge in [0, 0.05) is 5.69 Å². The van der Waals surface area contributed by atoms with E-state index in [4.69, 9.17) is 4.74 Å². The molecule has 0 aliphatic heterocycles. The molecule has 0 unspecified atom stereocenters. The monoisotopic (exact) mass is 295 g/mol. The largest absolute Gasteiger partial charge is 0.497 e. The van der Waals surface area contributed by atoms with Gasteiger partial charge in [-0.05, 0) is 40.2 Å². The van der Waals surface area contributed by atoms with Gasteiger partial charge in [-0.3, -0.25) is 4.79 Å². The Hall–Kier alpha value is -1.82. The van der Waals surface area contributed by atoms with Crippen molar-refractivity contribution in [3.8, 4) is 5.75 Å². The van der Waals surface area contributed by atoms with E-state index in [1.54, 1.807) is 7.11 Å². The summed E-state index contributed by atoms with van der Waals surface area (Å²) >= 11 is 3.17. The fourth-order valence-corrected chi connectivity index (χ4v) is 1.60. The van der Waals surface area contributed by atoms with Gasteiger partial charge in [0.15, 0.2) is 5.82 Å². The number of nitrogens with one attached hydrogen (secondary N) is 2. The topological polar surface area (TPSA) is 67.0 Å². The Bertz CT molecular complexity index is 566. The Morgan fingerprint density at radius 1 is 1.35 bits per heavy atom. The van der Waals surface area contributed by atoms with Crippen LogP contribution in [0.5, 0.6) is 5.75 Å². The van der Waals surface area contributed by atoms with Crippen LogP contribution in [0.15, 0.2) is 39.9 Å².